The summed E-state index contributed by atoms with van der Waals surface area (Å²) in [6, 6.07) is 8.50. The molecule has 4 heteroatoms. The maximum absolute atomic E-state index is 5.70. The lowest BCUT2D eigenvalue weighted by atomic mass is 10.1. The number of rotatable bonds is 6. The van der Waals surface area contributed by atoms with Crippen LogP contribution in [0.25, 0.3) is 11.3 Å². The molecule has 0 saturated heterocycles. The molecule has 102 valence electrons. The second kappa shape index (κ2) is 6.80. The van der Waals surface area contributed by atoms with Crippen LogP contribution in [0.4, 0.5) is 0 Å². The van der Waals surface area contributed by atoms with Gasteiger partial charge < -0.3 is 10.5 Å². The number of benzene rings is 1. The number of aromatic nitrogens is 1. The summed E-state index contributed by atoms with van der Waals surface area (Å²) in [5.74, 6) is 0. The average Bonchev–Trinajstić information content (AvgIpc) is 2.81. The molecule has 2 aromatic rings. The Kier molecular flexibility index (Phi) is 5.07. The highest BCUT2D eigenvalue weighted by atomic mass is 32.1. The molecule has 0 aliphatic rings. The van der Waals surface area contributed by atoms with Gasteiger partial charge in [-0.1, -0.05) is 29.8 Å². The van der Waals surface area contributed by atoms with Gasteiger partial charge in [0.1, 0.15) is 0 Å². The number of ether oxygens (including phenoxy) is 1. The second-order valence-corrected chi connectivity index (χ2v) is 5.70. The van der Waals surface area contributed by atoms with Crippen LogP contribution < -0.4 is 5.73 Å². The normalized spacial score (nSPS) is 10.9. The molecule has 0 saturated carbocycles. The lowest BCUT2D eigenvalue weighted by Crippen LogP contribution is -2.02. The van der Waals surface area contributed by atoms with E-state index in [1.165, 1.54) is 16.0 Å². The zero-order valence-corrected chi connectivity index (χ0v) is 12.3. The van der Waals surface area contributed by atoms with E-state index in [0.29, 0.717) is 13.2 Å². The van der Waals surface area contributed by atoms with Crippen molar-refractivity contribution >= 4 is 11.3 Å². The maximum atomic E-state index is 5.70. The number of methoxy groups -OCH3 is 1. The van der Waals surface area contributed by atoms with E-state index in [1.807, 2.05) is 0 Å². The molecular weight excluding hydrogens is 256 g/mol. The molecule has 0 radical (unpaired) electrons. The third-order valence-electron chi connectivity index (χ3n) is 2.96. The van der Waals surface area contributed by atoms with Crippen LogP contribution in [-0.4, -0.2) is 25.2 Å². The number of aryl methyl sites for hydroxylation is 1. The van der Waals surface area contributed by atoms with Gasteiger partial charge in [-0.3, -0.25) is 0 Å². The Labute approximate surface area is 118 Å². The van der Waals surface area contributed by atoms with Crippen molar-refractivity contribution in [2.75, 3.05) is 20.3 Å². The summed E-state index contributed by atoms with van der Waals surface area (Å²) in [5, 5.41) is 1.13. The summed E-state index contributed by atoms with van der Waals surface area (Å²) in [5.41, 5.74) is 9.22. The van der Waals surface area contributed by atoms with Crippen LogP contribution in [-0.2, 0) is 17.6 Å². The molecule has 0 atom stereocenters. The SMILES string of the molecule is COCCc1nc(-c2ccc(C)cc2)c(CCN)s1. The van der Waals surface area contributed by atoms with E-state index >= 15 is 0 Å². The van der Waals surface area contributed by atoms with E-state index in [2.05, 4.69) is 31.2 Å². The largest absolute Gasteiger partial charge is 0.384 e. The van der Waals surface area contributed by atoms with Gasteiger partial charge in [0.05, 0.1) is 17.3 Å². The summed E-state index contributed by atoms with van der Waals surface area (Å²) >= 11 is 1.75. The maximum Gasteiger partial charge on any atom is 0.0958 e. The lowest BCUT2D eigenvalue weighted by molar-refractivity contribution is 0.202. The fourth-order valence-electron chi connectivity index (χ4n) is 1.93. The first kappa shape index (κ1) is 14.2. The Morgan fingerprint density at radius 3 is 2.58 bits per heavy atom. The lowest BCUT2D eigenvalue weighted by Gasteiger charge is -2.01. The molecule has 3 nitrogen and oxygen atoms in total. The third-order valence-corrected chi connectivity index (χ3v) is 4.13. The minimum atomic E-state index is 0.658. The smallest absolute Gasteiger partial charge is 0.0958 e. The highest BCUT2D eigenvalue weighted by Crippen LogP contribution is 2.29. The topological polar surface area (TPSA) is 48.1 Å². The fourth-order valence-corrected chi connectivity index (χ4v) is 3.02. The number of hydrogen-bond acceptors (Lipinski definition) is 4. The van der Waals surface area contributed by atoms with Gasteiger partial charge in [0, 0.05) is 24.0 Å². The first-order valence-electron chi connectivity index (χ1n) is 6.49. The summed E-state index contributed by atoms with van der Waals surface area (Å²) in [4.78, 5) is 6.02. The standard InChI is InChI=1S/C15H20N2OS/c1-11-3-5-12(6-4-11)15-13(7-9-16)19-14(17-15)8-10-18-2/h3-6H,7-10,16H2,1-2H3. The summed E-state index contributed by atoms with van der Waals surface area (Å²) in [6.07, 6.45) is 1.75. The molecular formula is C15H20N2OS. The number of nitrogens with zero attached hydrogens (tertiary/aromatic N) is 1. The highest BCUT2D eigenvalue weighted by molar-refractivity contribution is 7.12. The van der Waals surface area contributed by atoms with Crippen molar-refractivity contribution in [1.29, 1.82) is 0 Å². The molecule has 0 spiro atoms. The van der Waals surface area contributed by atoms with E-state index in [1.54, 1.807) is 18.4 Å². The van der Waals surface area contributed by atoms with Crippen molar-refractivity contribution in [3.63, 3.8) is 0 Å². The van der Waals surface area contributed by atoms with E-state index in [4.69, 9.17) is 15.5 Å². The Hall–Kier alpha value is -1.23. The Balaban J connectivity index is 2.31. The number of nitrogens with two attached hydrogens (primary N) is 1. The van der Waals surface area contributed by atoms with Crippen LogP contribution in [0.2, 0.25) is 0 Å². The monoisotopic (exact) mass is 276 g/mol. The zero-order chi connectivity index (χ0) is 13.7. The summed E-state index contributed by atoms with van der Waals surface area (Å²) in [6.45, 7) is 3.46. The van der Waals surface area contributed by atoms with Crippen LogP contribution in [0.5, 0.6) is 0 Å². The molecule has 1 aromatic heterocycles. The van der Waals surface area contributed by atoms with Crippen LogP contribution in [0.15, 0.2) is 24.3 Å². The van der Waals surface area contributed by atoms with Gasteiger partial charge in [-0.2, -0.15) is 0 Å². The Bertz CT molecular complexity index is 519. The Morgan fingerprint density at radius 1 is 1.21 bits per heavy atom. The van der Waals surface area contributed by atoms with Gasteiger partial charge >= 0.3 is 0 Å². The van der Waals surface area contributed by atoms with Gasteiger partial charge in [-0.15, -0.1) is 11.3 Å². The van der Waals surface area contributed by atoms with Gasteiger partial charge in [-0.25, -0.2) is 4.98 Å². The van der Waals surface area contributed by atoms with Crippen LogP contribution in [0, 0.1) is 6.92 Å². The van der Waals surface area contributed by atoms with Crippen LogP contribution in [0.1, 0.15) is 15.4 Å². The third kappa shape index (κ3) is 3.62. The predicted octanol–water partition coefficient (Wildman–Crippen LogP) is 2.81. The Morgan fingerprint density at radius 2 is 1.95 bits per heavy atom. The fraction of sp³-hybridized carbons (Fsp3) is 0.400. The molecule has 0 unspecified atom stereocenters. The first-order valence-corrected chi connectivity index (χ1v) is 7.31. The minimum absolute atomic E-state index is 0.658. The number of hydrogen-bond donors (Lipinski definition) is 1. The molecule has 0 amide bonds. The summed E-state index contributed by atoms with van der Waals surface area (Å²) < 4.78 is 5.12. The van der Waals surface area contributed by atoms with Crippen molar-refractivity contribution in [2.45, 2.75) is 19.8 Å². The predicted molar refractivity (Wildman–Crippen MR) is 80.6 cm³/mol. The van der Waals surface area contributed by atoms with Crippen LogP contribution >= 0.6 is 11.3 Å². The first-order chi connectivity index (χ1) is 9.24. The molecule has 0 aliphatic heterocycles. The van der Waals surface area contributed by atoms with Crippen molar-refractivity contribution in [3.05, 3.63) is 39.7 Å². The zero-order valence-electron chi connectivity index (χ0n) is 11.5. The summed E-state index contributed by atoms with van der Waals surface area (Å²) in [7, 11) is 1.72. The van der Waals surface area contributed by atoms with Gasteiger partial charge in [0.15, 0.2) is 0 Å². The van der Waals surface area contributed by atoms with E-state index in [0.717, 1.165) is 23.5 Å². The molecule has 2 N–H and O–H groups in total. The molecule has 0 bridgehead atoms. The van der Waals surface area contributed by atoms with Crippen molar-refractivity contribution in [3.8, 4) is 11.3 Å². The van der Waals surface area contributed by atoms with Gasteiger partial charge in [-0.05, 0) is 19.9 Å². The molecule has 1 heterocycles. The van der Waals surface area contributed by atoms with Gasteiger partial charge in [0.25, 0.3) is 0 Å². The molecule has 2 rings (SSSR count). The van der Waals surface area contributed by atoms with Gasteiger partial charge in [0.2, 0.25) is 0 Å². The second-order valence-electron chi connectivity index (χ2n) is 4.53. The van der Waals surface area contributed by atoms with Crippen molar-refractivity contribution in [2.24, 2.45) is 5.73 Å². The molecule has 1 aromatic carbocycles. The number of thiazole rings is 1. The highest BCUT2D eigenvalue weighted by Gasteiger charge is 2.12. The molecule has 19 heavy (non-hydrogen) atoms. The van der Waals surface area contributed by atoms with E-state index in [-0.39, 0.29) is 0 Å². The van der Waals surface area contributed by atoms with E-state index < -0.39 is 0 Å². The van der Waals surface area contributed by atoms with E-state index in [9.17, 15) is 0 Å². The molecule has 0 aliphatic carbocycles. The quantitative estimate of drug-likeness (QED) is 0.882. The average molecular weight is 276 g/mol. The van der Waals surface area contributed by atoms with Crippen LogP contribution in [0.3, 0.4) is 0 Å². The minimum Gasteiger partial charge on any atom is -0.384 e. The van der Waals surface area contributed by atoms with Crippen molar-refractivity contribution < 1.29 is 4.74 Å². The van der Waals surface area contributed by atoms with Crippen molar-refractivity contribution in [1.82, 2.24) is 4.98 Å². The molecule has 0 fully saturated rings.